The molecule has 0 aliphatic heterocycles. The van der Waals surface area contributed by atoms with E-state index in [2.05, 4.69) is 26.2 Å². The van der Waals surface area contributed by atoms with Gasteiger partial charge in [-0.05, 0) is 18.2 Å². The lowest BCUT2D eigenvalue weighted by Gasteiger charge is -2.07. The van der Waals surface area contributed by atoms with E-state index in [1.54, 1.807) is 6.07 Å². The van der Waals surface area contributed by atoms with Crippen molar-refractivity contribution in [3.8, 4) is 11.8 Å². The quantitative estimate of drug-likeness (QED) is 0.836. The van der Waals surface area contributed by atoms with E-state index in [-0.39, 0.29) is 22.3 Å². The number of nitrogens with two attached hydrogens (primary N) is 1. The summed E-state index contributed by atoms with van der Waals surface area (Å²) in [6.07, 6.45) is 1.25. The summed E-state index contributed by atoms with van der Waals surface area (Å²) in [6.45, 7) is 0.214. The molecule has 8 heteroatoms. The van der Waals surface area contributed by atoms with Gasteiger partial charge in [-0.15, -0.1) is 0 Å². The standard InChI is InChI=1S/C12H10ClN3O3S/c13-10-8-9(2-1-6-14)3-4-11(10)20(17,18)16-12-5-7-19-15-12/h3-5,7-8H,6,14H2,(H,15,16). The van der Waals surface area contributed by atoms with Gasteiger partial charge in [0.2, 0.25) is 0 Å². The number of nitrogens with zero attached hydrogens (tertiary/aromatic N) is 1. The minimum atomic E-state index is -3.83. The molecule has 0 bridgehead atoms. The molecule has 2 rings (SSSR count). The maximum Gasteiger partial charge on any atom is 0.264 e. The predicted octanol–water partition coefficient (Wildman–Crippen LogP) is 1.44. The van der Waals surface area contributed by atoms with Crippen LogP contribution in [-0.2, 0) is 10.0 Å². The molecule has 0 atom stereocenters. The molecule has 1 aromatic carbocycles. The van der Waals surface area contributed by atoms with Crippen LogP contribution >= 0.6 is 11.6 Å². The van der Waals surface area contributed by atoms with Crippen molar-refractivity contribution in [3.05, 3.63) is 41.1 Å². The zero-order valence-corrected chi connectivity index (χ0v) is 11.7. The largest absolute Gasteiger partial charge is 0.363 e. The molecule has 104 valence electrons. The molecule has 0 saturated heterocycles. The fraction of sp³-hybridized carbons (Fsp3) is 0.0833. The number of nitrogens with one attached hydrogen (secondary N) is 1. The smallest absolute Gasteiger partial charge is 0.264 e. The molecule has 1 heterocycles. The third-order valence-corrected chi connectivity index (χ3v) is 4.07. The SMILES string of the molecule is NCC#Cc1ccc(S(=O)(=O)Nc2ccon2)c(Cl)c1. The Labute approximate surface area is 121 Å². The normalized spacial score (nSPS) is 10.7. The van der Waals surface area contributed by atoms with Crippen LogP contribution in [0.3, 0.4) is 0 Å². The highest BCUT2D eigenvalue weighted by atomic mass is 35.5. The second-order valence-corrected chi connectivity index (χ2v) is 5.70. The molecule has 3 N–H and O–H groups in total. The van der Waals surface area contributed by atoms with E-state index >= 15 is 0 Å². The second-order valence-electron chi connectivity index (χ2n) is 3.64. The first-order valence-electron chi connectivity index (χ1n) is 5.44. The van der Waals surface area contributed by atoms with Gasteiger partial charge in [0.15, 0.2) is 5.82 Å². The fourth-order valence-corrected chi connectivity index (χ4v) is 2.95. The van der Waals surface area contributed by atoms with Crippen LogP contribution < -0.4 is 10.5 Å². The maximum absolute atomic E-state index is 12.1. The minimum absolute atomic E-state index is 0.0600. The van der Waals surface area contributed by atoms with E-state index in [1.807, 2.05) is 0 Å². The molecule has 2 aromatic rings. The molecule has 0 radical (unpaired) electrons. The number of hydrogen-bond donors (Lipinski definition) is 2. The molecule has 1 aromatic heterocycles. The molecule has 0 spiro atoms. The second kappa shape index (κ2) is 5.96. The van der Waals surface area contributed by atoms with E-state index < -0.39 is 10.0 Å². The van der Waals surface area contributed by atoms with Crippen molar-refractivity contribution in [2.24, 2.45) is 5.73 Å². The number of anilines is 1. The van der Waals surface area contributed by atoms with E-state index in [1.165, 1.54) is 24.5 Å². The number of hydrogen-bond acceptors (Lipinski definition) is 5. The molecule has 0 fully saturated rings. The highest BCUT2D eigenvalue weighted by molar-refractivity contribution is 7.92. The molecule has 0 saturated carbocycles. The van der Waals surface area contributed by atoms with Gasteiger partial charge in [-0.25, -0.2) is 8.42 Å². The lowest BCUT2D eigenvalue weighted by Crippen LogP contribution is -2.13. The number of benzene rings is 1. The molecular weight excluding hydrogens is 302 g/mol. The maximum atomic E-state index is 12.1. The number of sulfonamides is 1. The summed E-state index contributed by atoms with van der Waals surface area (Å²) in [5, 5.41) is 3.53. The number of aromatic nitrogens is 1. The minimum Gasteiger partial charge on any atom is -0.363 e. The molecule has 0 aliphatic carbocycles. The van der Waals surface area contributed by atoms with Crippen molar-refractivity contribution in [2.45, 2.75) is 4.90 Å². The number of halogens is 1. The van der Waals surface area contributed by atoms with Gasteiger partial charge in [-0.3, -0.25) is 4.72 Å². The third-order valence-electron chi connectivity index (χ3n) is 2.23. The van der Waals surface area contributed by atoms with Gasteiger partial charge in [-0.1, -0.05) is 28.6 Å². The van der Waals surface area contributed by atoms with Crippen LogP contribution in [0.2, 0.25) is 5.02 Å². The van der Waals surface area contributed by atoms with Crippen LogP contribution in [0.1, 0.15) is 5.56 Å². The summed E-state index contributed by atoms with van der Waals surface area (Å²) in [4.78, 5) is -0.0690. The van der Waals surface area contributed by atoms with Crippen LogP contribution in [0.25, 0.3) is 0 Å². The average Bonchev–Trinajstić information content (AvgIpc) is 2.88. The summed E-state index contributed by atoms with van der Waals surface area (Å²) in [6, 6.07) is 5.76. The summed E-state index contributed by atoms with van der Waals surface area (Å²) in [5.41, 5.74) is 5.85. The van der Waals surface area contributed by atoms with Crippen LogP contribution in [0.15, 0.2) is 39.9 Å². The first-order chi connectivity index (χ1) is 9.53. The van der Waals surface area contributed by atoms with Crippen molar-refractivity contribution in [1.82, 2.24) is 5.16 Å². The summed E-state index contributed by atoms with van der Waals surface area (Å²) in [5.74, 6) is 5.50. The van der Waals surface area contributed by atoms with Crippen molar-refractivity contribution < 1.29 is 12.9 Å². The Morgan fingerprint density at radius 2 is 2.20 bits per heavy atom. The fourth-order valence-electron chi connectivity index (χ4n) is 1.41. The average molecular weight is 312 g/mol. The van der Waals surface area contributed by atoms with Gasteiger partial charge in [0.1, 0.15) is 11.2 Å². The van der Waals surface area contributed by atoms with E-state index in [0.717, 1.165) is 0 Å². The van der Waals surface area contributed by atoms with Crippen molar-refractivity contribution >= 4 is 27.4 Å². The molecule has 6 nitrogen and oxygen atoms in total. The summed E-state index contributed by atoms with van der Waals surface area (Å²) in [7, 11) is -3.83. The molecule has 20 heavy (non-hydrogen) atoms. The third kappa shape index (κ3) is 3.30. The monoisotopic (exact) mass is 311 g/mol. The van der Waals surface area contributed by atoms with Crippen molar-refractivity contribution in [2.75, 3.05) is 11.3 Å². The van der Waals surface area contributed by atoms with Crippen molar-refractivity contribution in [1.29, 1.82) is 0 Å². The van der Waals surface area contributed by atoms with Crippen molar-refractivity contribution in [3.63, 3.8) is 0 Å². The van der Waals surface area contributed by atoms with Gasteiger partial charge >= 0.3 is 0 Å². The van der Waals surface area contributed by atoms with Gasteiger partial charge in [0.25, 0.3) is 10.0 Å². The Hall–Kier alpha value is -2.01. The highest BCUT2D eigenvalue weighted by Gasteiger charge is 2.19. The summed E-state index contributed by atoms with van der Waals surface area (Å²) < 4.78 is 31.0. The first-order valence-corrected chi connectivity index (χ1v) is 7.31. The Kier molecular flexibility index (Phi) is 4.29. The van der Waals surface area contributed by atoms with E-state index in [4.69, 9.17) is 17.3 Å². The van der Waals surface area contributed by atoms with Gasteiger partial charge in [0.05, 0.1) is 11.6 Å². The topological polar surface area (TPSA) is 98.2 Å². The molecule has 0 unspecified atom stereocenters. The van der Waals surface area contributed by atoms with Gasteiger partial charge < -0.3 is 10.3 Å². The number of rotatable bonds is 3. The van der Waals surface area contributed by atoms with Crippen LogP contribution in [0.4, 0.5) is 5.82 Å². The van der Waals surface area contributed by atoms with Crippen LogP contribution in [0, 0.1) is 11.8 Å². The summed E-state index contributed by atoms with van der Waals surface area (Å²) >= 11 is 5.97. The Bertz CT molecular complexity index is 761. The Morgan fingerprint density at radius 1 is 1.40 bits per heavy atom. The Balaban J connectivity index is 2.33. The Morgan fingerprint density at radius 3 is 2.80 bits per heavy atom. The van der Waals surface area contributed by atoms with E-state index in [9.17, 15) is 8.42 Å². The molecular formula is C12H10ClN3O3S. The van der Waals surface area contributed by atoms with Crippen LogP contribution in [0.5, 0.6) is 0 Å². The zero-order valence-electron chi connectivity index (χ0n) is 10.1. The lowest BCUT2D eigenvalue weighted by molar-refractivity contribution is 0.423. The van der Waals surface area contributed by atoms with Gasteiger partial charge in [-0.2, -0.15) is 0 Å². The van der Waals surface area contributed by atoms with Gasteiger partial charge in [0, 0.05) is 11.6 Å². The zero-order chi connectivity index (χ0) is 14.6. The molecule has 0 aliphatic rings. The predicted molar refractivity (Wildman–Crippen MR) is 74.7 cm³/mol. The lowest BCUT2D eigenvalue weighted by atomic mass is 10.2. The van der Waals surface area contributed by atoms with E-state index in [0.29, 0.717) is 5.56 Å². The molecule has 0 amide bonds. The highest BCUT2D eigenvalue weighted by Crippen LogP contribution is 2.24. The van der Waals surface area contributed by atoms with Crippen LogP contribution in [-0.4, -0.2) is 20.1 Å². The first kappa shape index (κ1) is 14.4.